The Hall–Kier alpha value is -4.79. The summed E-state index contributed by atoms with van der Waals surface area (Å²) in [6, 6.07) is 23.9. The van der Waals surface area contributed by atoms with E-state index in [9.17, 15) is 9.59 Å². The molecule has 194 valence electrons. The fourth-order valence-corrected chi connectivity index (χ4v) is 4.08. The molecule has 0 fully saturated rings. The number of ether oxygens (including phenoxy) is 3. The van der Waals surface area contributed by atoms with Gasteiger partial charge in [-0.15, -0.1) is 0 Å². The lowest BCUT2D eigenvalue weighted by Gasteiger charge is -2.21. The minimum absolute atomic E-state index is 0.135. The smallest absolute Gasteiger partial charge is 0.273 e. The van der Waals surface area contributed by atoms with E-state index in [0.717, 1.165) is 16.9 Å². The maximum atomic E-state index is 13.3. The highest BCUT2D eigenvalue weighted by atomic mass is 16.7. The summed E-state index contributed by atoms with van der Waals surface area (Å²) in [5.41, 5.74) is 2.65. The highest BCUT2D eigenvalue weighted by Gasteiger charge is 2.20. The van der Waals surface area contributed by atoms with Gasteiger partial charge in [0.15, 0.2) is 23.0 Å². The topological polar surface area (TPSA) is 103 Å². The zero-order valence-electron chi connectivity index (χ0n) is 20.9. The van der Waals surface area contributed by atoms with E-state index >= 15 is 0 Å². The molecule has 38 heavy (non-hydrogen) atoms. The zero-order chi connectivity index (χ0) is 26.3. The highest BCUT2D eigenvalue weighted by molar-refractivity contribution is 5.94. The first-order chi connectivity index (χ1) is 18.6. The van der Waals surface area contributed by atoms with Crippen LogP contribution in [0.15, 0.2) is 83.4 Å². The molecule has 0 bridgehead atoms. The minimum atomic E-state index is -0.378. The monoisotopic (exact) mass is 513 g/mol. The van der Waals surface area contributed by atoms with Gasteiger partial charge < -0.3 is 29.0 Å². The second kappa shape index (κ2) is 11.5. The van der Waals surface area contributed by atoms with Gasteiger partial charge in [-0.3, -0.25) is 9.59 Å². The van der Waals surface area contributed by atoms with Crippen LogP contribution in [0.2, 0.25) is 0 Å². The van der Waals surface area contributed by atoms with Crippen molar-refractivity contribution in [2.24, 2.45) is 0 Å². The molecule has 0 spiro atoms. The van der Waals surface area contributed by atoms with E-state index in [1.807, 2.05) is 60.7 Å². The molecule has 3 aromatic carbocycles. The number of amides is 2. The standard InChI is InChI=1S/C29H27N3O6/c1-35-23-10-7-20(8-11-23)13-14-32(29(34)22-5-3-2-4-6-22)18-24-16-25(31-38-24)28(33)30-17-21-9-12-26-27(15-21)37-19-36-26/h2-12,15-16H,13-14,17-19H2,1H3,(H,30,33). The normalized spacial score (nSPS) is 11.7. The van der Waals surface area contributed by atoms with Crippen molar-refractivity contribution >= 4 is 11.8 Å². The average molecular weight is 514 g/mol. The molecular weight excluding hydrogens is 486 g/mol. The second-order valence-electron chi connectivity index (χ2n) is 8.74. The molecule has 9 nitrogen and oxygen atoms in total. The van der Waals surface area contributed by atoms with Gasteiger partial charge >= 0.3 is 0 Å². The van der Waals surface area contributed by atoms with Gasteiger partial charge in [-0.1, -0.05) is 41.6 Å². The van der Waals surface area contributed by atoms with Gasteiger partial charge in [0.05, 0.1) is 13.7 Å². The number of methoxy groups -OCH3 is 1. The molecule has 1 aliphatic heterocycles. The number of aromatic nitrogens is 1. The lowest BCUT2D eigenvalue weighted by atomic mass is 10.1. The van der Waals surface area contributed by atoms with Gasteiger partial charge in [-0.25, -0.2) is 0 Å². The second-order valence-corrected chi connectivity index (χ2v) is 8.74. The van der Waals surface area contributed by atoms with Crippen molar-refractivity contribution in [3.05, 3.63) is 107 Å². The Balaban J connectivity index is 1.24. The number of nitrogens with zero attached hydrogens (tertiary/aromatic N) is 2. The van der Waals surface area contributed by atoms with Gasteiger partial charge in [0.1, 0.15) is 5.75 Å². The summed E-state index contributed by atoms with van der Waals surface area (Å²) >= 11 is 0. The summed E-state index contributed by atoms with van der Waals surface area (Å²) in [5.74, 6) is 2.01. The maximum absolute atomic E-state index is 13.3. The maximum Gasteiger partial charge on any atom is 0.273 e. The first-order valence-corrected chi connectivity index (χ1v) is 12.2. The van der Waals surface area contributed by atoms with E-state index in [0.29, 0.717) is 35.8 Å². The van der Waals surface area contributed by atoms with Gasteiger partial charge in [-0.05, 0) is 53.9 Å². The summed E-state index contributed by atoms with van der Waals surface area (Å²) < 4.78 is 21.4. The molecule has 0 atom stereocenters. The Labute approximate surface area is 219 Å². The van der Waals surface area contributed by atoms with Gasteiger partial charge in [0, 0.05) is 24.7 Å². The molecule has 4 aromatic rings. The molecule has 0 saturated heterocycles. The lowest BCUT2D eigenvalue weighted by molar-refractivity contribution is 0.0729. The van der Waals surface area contributed by atoms with E-state index in [1.54, 1.807) is 30.2 Å². The summed E-state index contributed by atoms with van der Waals surface area (Å²) in [7, 11) is 1.62. The molecule has 0 unspecified atom stereocenters. The quantitative estimate of drug-likeness (QED) is 0.339. The molecule has 1 N–H and O–H groups in total. The fraction of sp³-hybridized carbons (Fsp3) is 0.207. The van der Waals surface area contributed by atoms with Crippen LogP contribution in [0.3, 0.4) is 0 Å². The molecular formula is C29H27N3O6. The number of carbonyl (C=O) groups excluding carboxylic acids is 2. The van der Waals surface area contributed by atoms with Crippen LogP contribution in [0.1, 0.15) is 37.7 Å². The summed E-state index contributed by atoms with van der Waals surface area (Å²) in [4.78, 5) is 27.7. The summed E-state index contributed by atoms with van der Waals surface area (Å²) in [6.07, 6.45) is 0.638. The Kier molecular flexibility index (Phi) is 7.54. The number of fused-ring (bicyclic) bond motifs is 1. The number of carbonyl (C=O) groups is 2. The van der Waals surface area contributed by atoms with E-state index in [1.165, 1.54) is 0 Å². The molecule has 0 aliphatic carbocycles. The van der Waals surface area contributed by atoms with Crippen molar-refractivity contribution in [3.63, 3.8) is 0 Å². The van der Waals surface area contributed by atoms with Crippen LogP contribution in [0.25, 0.3) is 0 Å². The van der Waals surface area contributed by atoms with Gasteiger partial charge in [-0.2, -0.15) is 0 Å². The summed E-state index contributed by atoms with van der Waals surface area (Å²) in [5, 5.41) is 6.75. The Bertz CT molecular complexity index is 1400. The van der Waals surface area contributed by atoms with Gasteiger partial charge in [0.25, 0.3) is 11.8 Å². The fourth-order valence-electron chi connectivity index (χ4n) is 4.08. The first kappa shape index (κ1) is 24.9. The molecule has 1 aromatic heterocycles. The number of nitrogens with one attached hydrogen (secondary N) is 1. The highest BCUT2D eigenvalue weighted by Crippen LogP contribution is 2.32. The number of hydrogen-bond acceptors (Lipinski definition) is 7. The third-order valence-corrected chi connectivity index (χ3v) is 6.17. The predicted molar refractivity (Wildman–Crippen MR) is 138 cm³/mol. The van der Waals surface area contributed by atoms with Crippen molar-refractivity contribution in [2.75, 3.05) is 20.4 Å². The zero-order valence-corrected chi connectivity index (χ0v) is 20.9. The van der Waals surface area contributed by atoms with Crippen molar-refractivity contribution in [1.82, 2.24) is 15.4 Å². The lowest BCUT2D eigenvalue weighted by Crippen LogP contribution is -2.32. The van der Waals surface area contributed by atoms with Crippen LogP contribution in [-0.2, 0) is 19.5 Å². The van der Waals surface area contributed by atoms with Crippen molar-refractivity contribution in [2.45, 2.75) is 19.5 Å². The van der Waals surface area contributed by atoms with E-state index in [4.69, 9.17) is 18.7 Å². The predicted octanol–water partition coefficient (Wildman–Crippen LogP) is 4.23. The molecule has 2 heterocycles. The van der Waals surface area contributed by atoms with Crippen molar-refractivity contribution in [3.8, 4) is 17.2 Å². The Morgan fingerprint density at radius 3 is 2.50 bits per heavy atom. The van der Waals surface area contributed by atoms with Crippen LogP contribution < -0.4 is 19.5 Å². The third kappa shape index (κ3) is 5.95. The Morgan fingerprint density at radius 1 is 0.947 bits per heavy atom. The van der Waals surface area contributed by atoms with Crippen molar-refractivity contribution in [1.29, 1.82) is 0 Å². The van der Waals surface area contributed by atoms with Crippen LogP contribution >= 0.6 is 0 Å². The van der Waals surface area contributed by atoms with Crippen molar-refractivity contribution < 1.29 is 28.3 Å². The summed E-state index contributed by atoms with van der Waals surface area (Å²) in [6.45, 7) is 1.10. The third-order valence-electron chi connectivity index (χ3n) is 6.17. The molecule has 2 amide bonds. The number of hydrogen-bond donors (Lipinski definition) is 1. The first-order valence-electron chi connectivity index (χ1n) is 12.2. The van der Waals surface area contributed by atoms with Crippen LogP contribution in [0.5, 0.6) is 17.2 Å². The molecule has 9 heteroatoms. The number of rotatable bonds is 10. The Morgan fingerprint density at radius 2 is 1.71 bits per heavy atom. The van der Waals surface area contributed by atoms with Crippen LogP contribution in [0, 0.1) is 0 Å². The molecule has 1 aliphatic rings. The average Bonchev–Trinajstić information content (AvgIpc) is 3.64. The van der Waals surface area contributed by atoms with E-state index in [2.05, 4.69) is 10.5 Å². The van der Waals surface area contributed by atoms with E-state index in [-0.39, 0.29) is 37.4 Å². The number of benzene rings is 3. The molecule has 0 saturated carbocycles. The van der Waals surface area contributed by atoms with Crippen LogP contribution in [0.4, 0.5) is 0 Å². The van der Waals surface area contributed by atoms with E-state index < -0.39 is 0 Å². The molecule has 5 rings (SSSR count). The van der Waals surface area contributed by atoms with Gasteiger partial charge in [0.2, 0.25) is 6.79 Å². The SMILES string of the molecule is COc1ccc(CCN(Cc2cc(C(=O)NCc3ccc4c(c3)OCO4)no2)C(=O)c2ccccc2)cc1. The minimum Gasteiger partial charge on any atom is -0.497 e. The van der Waals surface area contributed by atoms with Crippen LogP contribution in [-0.4, -0.2) is 42.3 Å². The largest absolute Gasteiger partial charge is 0.497 e. The molecule has 0 radical (unpaired) electrons.